The van der Waals surface area contributed by atoms with E-state index in [0.29, 0.717) is 0 Å². The summed E-state index contributed by atoms with van der Waals surface area (Å²) in [5.41, 5.74) is 5.26. The molecule has 0 fully saturated rings. The molecule has 50 valence electrons. The van der Waals surface area contributed by atoms with E-state index in [1.165, 1.54) is 0 Å². The van der Waals surface area contributed by atoms with Crippen LogP contribution in [-0.2, 0) is 0 Å². The first-order chi connectivity index (χ1) is 4.41. The fraction of sp³-hybridized carbons (Fsp3) is 0.500. The van der Waals surface area contributed by atoms with Gasteiger partial charge in [0, 0.05) is 6.42 Å². The van der Waals surface area contributed by atoms with Crippen LogP contribution in [0.4, 0.5) is 0 Å². The monoisotopic (exact) mass is 123 g/mol. The molecule has 0 aromatic heterocycles. The van der Waals surface area contributed by atoms with Crippen LogP contribution < -0.4 is 5.73 Å². The van der Waals surface area contributed by atoms with Crippen LogP contribution in [0.15, 0.2) is 12.2 Å². The largest absolute Gasteiger partial charge is 0.330 e. The van der Waals surface area contributed by atoms with Gasteiger partial charge >= 0.3 is 0 Å². The zero-order valence-corrected chi connectivity index (χ0v) is 5.85. The van der Waals surface area contributed by atoms with Gasteiger partial charge in [-0.15, -0.1) is 5.92 Å². The lowest BCUT2D eigenvalue weighted by Crippen LogP contribution is -1.94. The van der Waals surface area contributed by atoms with E-state index in [9.17, 15) is 0 Å². The molecule has 0 atom stereocenters. The van der Waals surface area contributed by atoms with Crippen LogP contribution >= 0.6 is 0 Å². The molecule has 0 rings (SSSR count). The van der Waals surface area contributed by atoms with Crippen molar-refractivity contribution in [3.8, 4) is 11.8 Å². The maximum atomic E-state index is 5.26. The van der Waals surface area contributed by atoms with Crippen molar-refractivity contribution in [2.45, 2.75) is 19.8 Å². The average Bonchev–Trinajstić information content (AvgIpc) is 1.89. The van der Waals surface area contributed by atoms with E-state index in [1.807, 2.05) is 13.0 Å². The topological polar surface area (TPSA) is 26.0 Å². The molecule has 0 saturated heterocycles. The van der Waals surface area contributed by atoms with Crippen molar-refractivity contribution < 1.29 is 0 Å². The maximum Gasteiger partial charge on any atom is 0.0269 e. The summed E-state index contributed by atoms with van der Waals surface area (Å²) in [7, 11) is 0. The highest BCUT2D eigenvalue weighted by molar-refractivity contribution is 5.02. The molecule has 0 unspecified atom stereocenters. The minimum atomic E-state index is 0.732. The van der Waals surface area contributed by atoms with Crippen LogP contribution in [0.1, 0.15) is 19.8 Å². The lowest BCUT2D eigenvalue weighted by atomic mass is 10.3. The third kappa shape index (κ3) is 7.26. The van der Waals surface area contributed by atoms with Gasteiger partial charge in [-0.1, -0.05) is 18.1 Å². The fourth-order valence-electron chi connectivity index (χ4n) is 0.458. The van der Waals surface area contributed by atoms with Crippen LogP contribution in [0.3, 0.4) is 0 Å². The summed E-state index contributed by atoms with van der Waals surface area (Å²) in [5.74, 6) is 5.74. The van der Waals surface area contributed by atoms with E-state index in [1.54, 1.807) is 0 Å². The third-order valence-electron chi connectivity index (χ3n) is 0.897. The molecule has 0 saturated carbocycles. The molecule has 0 amide bonds. The van der Waals surface area contributed by atoms with Gasteiger partial charge in [0.05, 0.1) is 0 Å². The van der Waals surface area contributed by atoms with Gasteiger partial charge in [-0.3, -0.25) is 0 Å². The van der Waals surface area contributed by atoms with E-state index >= 15 is 0 Å². The molecule has 1 nitrogen and oxygen atoms in total. The Morgan fingerprint density at radius 2 is 2.22 bits per heavy atom. The molecule has 0 heterocycles. The molecular weight excluding hydrogens is 110 g/mol. The smallest absolute Gasteiger partial charge is 0.0269 e. The number of rotatable bonds is 3. The lowest BCUT2D eigenvalue weighted by molar-refractivity contribution is 1.00. The van der Waals surface area contributed by atoms with E-state index in [-0.39, 0.29) is 0 Å². The summed E-state index contributed by atoms with van der Waals surface area (Å²) in [6.07, 6.45) is 5.93. The van der Waals surface area contributed by atoms with Gasteiger partial charge in [-0.25, -0.2) is 0 Å². The molecule has 0 aliphatic carbocycles. The van der Waals surface area contributed by atoms with Crippen LogP contribution in [-0.4, -0.2) is 6.54 Å². The Kier molecular flexibility index (Phi) is 6.66. The summed E-state index contributed by atoms with van der Waals surface area (Å²) >= 11 is 0. The molecule has 0 aliphatic heterocycles. The average molecular weight is 123 g/mol. The SMILES string of the molecule is CC#CCC=CCCN. The fourth-order valence-corrected chi connectivity index (χ4v) is 0.458. The summed E-state index contributed by atoms with van der Waals surface area (Å²) in [6, 6.07) is 0. The number of hydrogen-bond donors (Lipinski definition) is 1. The molecule has 0 spiro atoms. The van der Waals surface area contributed by atoms with Gasteiger partial charge in [0.15, 0.2) is 0 Å². The van der Waals surface area contributed by atoms with Gasteiger partial charge in [0.1, 0.15) is 0 Å². The second kappa shape index (κ2) is 7.26. The predicted molar refractivity (Wildman–Crippen MR) is 40.9 cm³/mol. The zero-order chi connectivity index (χ0) is 6.95. The Hall–Kier alpha value is -0.740. The van der Waals surface area contributed by atoms with Crippen molar-refractivity contribution in [3.63, 3.8) is 0 Å². The summed E-state index contributed by atoms with van der Waals surface area (Å²) in [5, 5.41) is 0. The van der Waals surface area contributed by atoms with Crippen LogP contribution in [0.2, 0.25) is 0 Å². The Morgan fingerprint density at radius 1 is 1.44 bits per heavy atom. The van der Waals surface area contributed by atoms with E-state index in [2.05, 4.69) is 17.9 Å². The summed E-state index contributed by atoms with van der Waals surface area (Å²) in [6.45, 7) is 2.58. The number of allylic oxidation sites excluding steroid dienone is 1. The third-order valence-corrected chi connectivity index (χ3v) is 0.897. The standard InChI is InChI=1S/C8H13N/c1-2-3-4-5-6-7-8-9/h5-6H,4,7-9H2,1H3. The maximum absolute atomic E-state index is 5.26. The first-order valence-electron chi connectivity index (χ1n) is 3.16. The molecule has 1 heteroatoms. The van der Waals surface area contributed by atoms with Crippen molar-refractivity contribution in [1.29, 1.82) is 0 Å². The molecule has 0 aliphatic rings. The molecule has 0 radical (unpaired) electrons. The number of nitrogens with two attached hydrogens (primary N) is 1. The summed E-state index contributed by atoms with van der Waals surface area (Å²) < 4.78 is 0. The molecule has 0 bridgehead atoms. The van der Waals surface area contributed by atoms with Gasteiger partial charge in [-0.05, 0) is 19.9 Å². The second-order valence-electron chi connectivity index (χ2n) is 1.68. The predicted octanol–water partition coefficient (Wildman–Crippen LogP) is 1.30. The van der Waals surface area contributed by atoms with Gasteiger partial charge < -0.3 is 5.73 Å². The van der Waals surface area contributed by atoms with E-state index in [0.717, 1.165) is 19.4 Å². The molecule has 0 aromatic rings. The van der Waals surface area contributed by atoms with Crippen molar-refractivity contribution in [2.75, 3.05) is 6.54 Å². The van der Waals surface area contributed by atoms with Gasteiger partial charge in [0.25, 0.3) is 0 Å². The quantitative estimate of drug-likeness (QED) is 0.444. The van der Waals surface area contributed by atoms with Crippen molar-refractivity contribution in [2.24, 2.45) is 5.73 Å². The highest BCUT2D eigenvalue weighted by Crippen LogP contribution is 1.82. The molecular formula is C8H13N. The Bertz CT molecular complexity index is 125. The minimum Gasteiger partial charge on any atom is -0.330 e. The second-order valence-corrected chi connectivity index (χ2v) is 1.68. The first kappa shape index (κ1) is 8.26. The van der Waals surface area contributed by atoms with Crippen LogP contribution in [0.5, 0.6) is 0 Å². The Labute approximate surface area is 56.9 Å². The Morgan fingerprint density at radius 3 is 2.78 bits per heavy atom. The van der Waals surface area contributed by atoms with Crippen molar-refractivity contribution >= 4 is 0 Å². The van der Waals surface area contributed by atoms with Gasteiger partial charge in [-0.2, -0.15) is 0 Å². The van der Waals surface area contributed by atoms with Crippen molar-refractivity contribution in [3.05, 3.63) is 12.2 Å². The summed E-state index contributed by atoms with van der Waals surface area (Å²) in [4.78, 5) is 0. The van der Waals surface area contributed by atoms with Crippen molar-refractivity contribution in [1.82, 2.24) is 0 Å². The lowest BCUT2D eigenvalue weighted by Gasteiger charge is -1.80. The highest BCUT2D eigenvalue weighted by atomic mass is 14.5. The zero-order valence-electron chi connectivity index (χ0n) is 5.85. The molecule has 9 heavy (non-hydrogen) atoms. The normalized spacial score (nSPS) is 9.11. The first-order valence-corrected chi connectivity index (χ1v) is 3.16. The molecule has 2 N–H and O–H groups in total. The van der Waals surface area contributed by atoms with Gasteiger partial charge in [0.2, 0.25) is 0 Å². The molecule has 0 aromatic carbocycles. The highest BCUT2D eigenvalue weighted by Gasteiger charge is 1.70. The van der Waals surface area contributed by atoms with Crippen LogP contribution in [0.25, 0.3) is 0 Å². The van der Waals surface area contributed by atoms with Crippen LogP contribution in [0, 0.1) is 11.8 Å². The van der Waals surface area contributed by atoms with E-state index < -0.39 is 0 Å². The minimum absolute atomic E-state index is 0.732. The van der Waals surface area contributed by atoms with E-state index in [4.69, 9.17) is 5.73 Å². The Balaban J connectivity index is 3.11. The number of hydrogen-bond acceptors (Lipinski definition) is 1.